The summed E-state index contributed by atoms with van der Waals surface area (Å²) < 4.78 is 11.3. The van der Waals surface area contributed by atoms with Crippen LogP contribution in [0.25, 0.3) is 11.4 Å². The van der Waals surface area contributed by atoms with Gasteiger partial charge in [0, 0.05) is 48.7 Å². The zero-order chi connectivity index (χ0) is 26.3. The van der Waals surface area contributed by atoms with Crippen molar-refractivity contribution in [3.8, 4) is 11.4 Å². The maximum atomic E-state index is 12.6. The van der Waals surface area contributed by atoms with Gasteiger partial charge in [0.2, 0.25) is 11.9 Å². The molecule has 3 N–H and O–H groups in total. The Balaban J connectivity index is 1.09. The van der Waals surface area contributed by atoms with Gasteiger partial charge in [0.25, 0.3) is 5.91 Å². The third-order valence-electron chi connectivity index (χ3n) is 7.51. The van der Waals surface area contributed by atoms with E-state index in [1.54, 1.807) is 18.2 Å². The van der Waals surface area contributed by atoms with Crippen molar-refractivity contribution in [1.82, 2.24) is 20.3 Å². The largest absolute Gasteiger partial charge is 0.378 e. The van der Waals surface area contributed by atoms with Crippen LogP contribution < -0.4 is 25.8 Å². The van der Waals surface area contributed by atoms with Crippen molar-refractivity contribution in [3.05, 3.63) is 53.6 Å². The molecule has 2 bridgehead atoms. The highest BCUT2D eigenvalue weighted by atomic mass is 16.5. The summed E-state index contributed by atoms with van der Waals surface area (Å²) in [4.78, 5) is 43.2. The summed E-state index contributed by atoms with van der Waals surface area (Å²) >= 11 is 0. The molecule has 4 aliphatic heterocycles. The van der Waals surface area contributed by atoms with Crippen LogP contribution in [-0.2, 0) is 16.0 Å². The fourth-order valence-corrected chi connectivity index (χ4v) is 5.47. The summed E-state index contributed by atoms with van der Waals surface area (Å²) in [6.45, 7) is 4.68. The van der Waals surface area contributed by atoms with Gasteiger partial charge >= 0.3 is 6.03 Å². The third kappa shape index (κ3) is 4.72. The summed E-state index contributed by atoms with van der Waals surface area (Å²) in [7, 11) is 0. The Labute approximate surface area is 224 Å². The highest BCUT2D eigenvalue weighted by Gasteiger charge is 2.40. The Morgan fingerprint density at radius 3 is 2.51 bits per heavy atom. The molecule has 0 saturated carbocycles. The molecular formula is C27H28N8O4. The van der Waals surface area contributed by atoms with E-state index in [1.807, 2.05) is 24.3 Å². The Morgan fingerprint density at radius 2 is 1.74 bits per heavy atom. The van der Waals surface area contributed by atoms with E-state index in [9.17, 15) is 9.59 Å². The second kappa shape index (κ2) is 9.79. The summed E-state index contributed by atoms with van der Waals surface area (Å²) in [6.07, 6.45) is 1.23. The first kappa shape index (κ1) is 23.8. The lowest BCUT2D eigenvalue weighted by molar-refractivity contribution is 0.0965. The van der Waals surface area contributed by atoms with Crippen molar-refractivity contribution in [3.63, 3.8) is 0 Å². The van der Waals surface area contributed by atoms with Gasteiger partial charge in [-0.25, -0.2) is 4.79 Å². The molecule has 1 aromatic heterocycles. The van der Waals surface area contributed by atoms with Crippen LogP contribution in [0, 0.1) is 0 Å². The van der Waals surface area contributed by atoms with E-state index in [-0.39, 0.29) is 24.1 Å². The Hall–Kier alpha value is -4.29. The molecule has 0 spiro atoms. The minimum Gasteiger partial charge on any atom is -0.378 e. The lowest BCUT2D eigenvalue weighted by Crippen LogP contribution is -2.40. The first-order valence-electron chi connectivity index (χ1n) is 13.2. The molecule has 2 atom stereocenters. The number of rotatable bonds is 5. The van der Waals surface area contributed by atoms with E-state index in [2.05, 4.69) is 25.8 Å². The maximum absolute atomic E-state index is 12.6. The number of benzene rings is 2. The number of ether oxygens (including phenoxy) is 2. The smallest absolute Gasteiger partial charge is 0.323 e. The molecular weight excluding hydrogens is 500 g/mol. The Bertz CT molecular complexity index is 1430. The lowest BCUT2D eigenvalue weighted by atomic mass is 10.1. The summed E-state index contributed by atoms with van der Waals surface area (Å²) in [5.41, 5.74) is 3.58. The topological polar surface area (TPSA) is 134 Å². The summed E-state index contributed by atoms with van der Waals surface area (Å²) in [6, 6.07) is 12.6. The van der Waals surface area contributed by atoms with Gasteiger partial charge in [-0.15, -0.1) is 0 Å². The molecule has 0 aliphatic carbocycles. The number of hydrogen-bond donors (Lipinski definition) is 3. The number of carbonyl (C=O) groups is 2. The van der Waals surface area contributed by atoms with Crippen LogP contribution in [0.3, 0.4) is 0 Å². The van der Waals surface area contributed by atoms with Gasteiger partial charge in [-0.2, -0.15) is 15.0 Å². The molecule has 39 heavy (non-hydrogen) atoms. The first-order chi connectivity index (χ1) is 19.1. The molecule has 3 saturated heterocycles. The van der Waals surface area contributed by atoms with E-state index < -0.39 is 0 Å². The number of nitrogens with one attached hydrogen (secondary N) is 3. The highest BCUT2D eigenvalue weighted by molar-refractivity contribution is 6.02. The van der Waals surface area contributed by atoms with Gasteiger partial charge in [-0.1, -0.05) is 0 Å². The van der Waals surface area contributed by atoms with Crippen LogP contribution in [0.4, 0.5) is 28.1 Å². The quantitative estimate of drug-likeness (QED) is 0.456. The van der Waals surface area contributed by atoms with Gasteiger partial charge in [0.15, 0.2) is 5.82 Å². The van der Waals surface area contributed by atoms with Gasteiger partial charge in [-0.3, -0.25) is 4.79 Å². The molecule has 0 radical (unpaired) electrons. The average molecular weight is 529 g/mol. The van der Waals surface area contributed by atoms with Gasteiger partial charge < -0.3 is 35.2 Å². The van der Waals surface area contributed by atoms with E-state index in [1.165, 1.54) is 0 Å². The molecule has 3 fully saturated rings. The molecule has 5 heterocycles. The average Bonchev–Trinajstić information content (AvgIpc) is 3.70. The maximum Gasteiger partial charge on any atom is 0.323 e. The van der Waals surface area contributed by atoms with Crippen LogP contribution in [-0.4, -0.2) is 78.5 Å². The SMILES string of the molecule is O=C(Nc1ccc(-c2nc(N3CCOCC3)nc(N3CC4CC3CO4)n2)cc1)Nc1ccc2c(c1)CNC2=O. The molecule has 2 aromatic carbocycles. The van der Waals surface area contributed by atoms with E-state index in [0.717, 1.165) is 37.2 Å². The number of carbonyl (C=O) groups excluding carboxylic acids is 2. The number of fused-ring (bicyclic) bond motifs is 3. The van der Waals surface area contributed by atoms with Crippen LogP contribution in [0.15, 0.2) is 42.5 Å². The number of anilines is 4. The van der Waals surface area contributed by atoms with E-state index in [4.69, 9.17) is 24.4 Å². The number of morpholine rings is 2. The van der Waals surface area contributed by atoms with E-state index >= 15 is 0 Å². The standard InChI is InChI=1S/C27H28N8O4/c36-24-22-6-5-19(11-17(22)13-28-24)30-27(37)29-18-3-1-16(2-4-18)23-31-25(34-7-9-38-10-8-34)33-26(32-23)35-14-21-12-20(35)15-39-21/h1-6,11,20-21H,7-10,12-15H2,(H,28,36)(H2,29,30,37). The molecule has 2 unspecified atom stereocenters. The number of amides is 3. The number of urea groups is 1. The Morgan fingerprint density at radius 1 is 0.974 bits per heavy atom. The summed E-state index contributed by atoms with van der Waals surface area (Å²) in [5.74, 6) is 1.81. The van der Waals surface area contributed by atoms with Crippen molar-refractivity contribution < 1.29 is 19.1 Å². The first-order valence-corrected chi connectivity index (χ1v) is 13.2. The molecule has 3 amide bonds. The zero-order valence-electron chi connectivity index (χ0n) is 21.2. The molecule has 200 valence electrons. The second-order valence-electron chi connectivity index (χ2n) is 10.1. The Kier molecular flexibility index (Phi) is 5.97. The highest BCUT2D eigenvalue weighted by Crippen LogP contribution is 2.32. The monoisotopic (exact) mass is 528 g/mol. The second-order valence-corrected chi connectivity index (χ2v) is 10.1. The molecule has 12 nitrogen and oxygen atoms in total. The van der Waals surface area contributed by atoms with Crippen LogP contribution >= 0.6 is 0 Å². The third-order valence-corrected chi connectivity index (χ3v) is 7.51. The summed E-state index contributed by atoms with van der Waals surface area (Å²) in [5, 5.41) is 8.45. The van der Waals surface area contributed by atoms with Crippen molar-refractivity contribution in [2.24, 2.45) is 0 Å². The predicted octanol–water partition coefficient (Wildman–Crippen LogP) is 2.24. The molecule has 12 heteroatoms. The van der Waals surface area contributed by atoms with Crippen molar-refractivity contribution in [2.75, 3.05) is 59.9 Å². The van der Waals surface area contributed by atoms with Crippen molar-refractivity contribution in [2.45, 2.75) is 25.1 Å². The number of aromatic nitrogens is 3. The molecule has 4 aliphatic rings. The molecule has 3 aromatic rings. The fraction of sp³-hybridized carbons (Fsp3) is 0.370. The normalized spacial score (nSPS) is 21.6. The van der Waals surface area contributed by atoms with Crippen LogP contribution in [0.5, 0.6) is 0 Å². The zero-order valence-corrected chi connectivity index (χ0v) is 21.2. The van der Waals surface area contributed by atoms with Gasteiger partial charge in [0.05, 0.1) is 32.0 Å². The van der Waals surface area contributed by atoms with Crippen LogP contribution in [0.1, 0.15) is 22.3 Å². The number of nitrogens with zero attached hydrogens (tertiary/aromatic N) is 5. The predicted molar refractivity (Wildman–Crippen MR) is 144 cm³/mol. The fourth-order valence-electron chi connectivity index (χ4n) is 5.47. The lowest BCUT2D eigenvalue weighted by Gasteiger charge is -2.30. The minimum atomic E-state index is -0.372. The van der Waals surface area contributed by atoms with Gasteiger partial charge in [0.1, 0.15) is 0 Å². The van der Waals surface area contributed by atoms with Crippen molar-refractivity contribution >= 4 is 35.2 Å². The molecule has 7 rings (SSSR count). The van der Waals surface area contributed by atoms with E-state index in [0.29, 0.717) is 61.0 Å². The van der Waals surface area contributed by atoms with Crippen LogP contribution in [0.2, 0.25) is 0 Å². The van der Waals surface area contributed by atoms with Gasteiger partial charge in [-0.05, 0) is 54.4 Å². The van der Waals surface area contributed by atoms with Crippen molar-refractivity contribution in [1.29, 1.82) is 0 Å². The minimum absolute atomic E-state index is 0.0925. The number of hydrogen-bond acceptors (Lipinski definition) is 9.